The fourth-order valence-electron chi connectivity index (χ4n) is 4.31. The number of carbonyl (C=O) groups excluding carboxylic acids is 1. The van der Waals surface area contributed by atoms with Gasteiger partial charge in [-0.3, -0.25) is 9.36 Å². The first kappa shape index (κ1) is 28.8. The highest BCUT2D eigenvalue weighted by Crippen LogP contribution is 2.31. The Morgan fingerprint density at radius 3 is 2.51 bits per heavy atom. The molecule has 1 N–H and O–H groups in total. The van der Waals surface area contributed by atoms with E-state index >= 15 is 0 Å². The summed E-state index contributed by atoms with van der Waals surface area (Å²) in [7, 11) is 1.72. The molecule has 41 heavy (non-hydrogen) atoms. The first-order valence-electron chi connectivity index (χ1n) is 12.6. The van der Waals surface area contributed by atoms with E-state index in [1.807, 2.05) is 0 Å². The van der Waals surface area contributed by atoms with Crippen molar-refractivity contribution in [3.8, 4) is 17.1 Å². The molecule has 2 aromatic carbocycles. The van der Waals surface area contributed by atoms with Gasteiger partial charge in [0.1, 0.15) is 12.9 Å². The molecule has 1 aliphatic rings. The van der Waals surface area contributed by atoms with Gasteiger partial charge in [-0.25, -0.2) is 19.1 Å². The van der Waals surface area contributed by atoms with Gasteiger partial charge in [-0.1, -0.05) is 29.3 Å². The molecule has 1 unspecified atom stereocenters. The van der Waals surface area contributed by atoms with Crippen LogP contribution in [0.2, 0.25) is 10.0 Å². The van der Waals surface area contributed by atoms with Crippen LogP contribution in [0, 0.1) is 5.92 Å². The van der Waals surface area contributed by atoms with Gasteiger partial charge < -0.3 is 10.0 Å². The monoisotopic (exact) mass is 609 g/mol. The highest BCUT2D eigenvalue weighted by atomic mass is 35.5. The minimum absolute atomic E-state index is 0.0837. The lowest BCUT2D eigenvalue weighted by Crippen LogP contribution is -2.37. The summed E-state index contributed by atoms with van der Waals surface area (Å²) in [5.41, 5.74) is 0.0101. The van der Waals surface area contributed by atoms with Gasteiger partial charge in [-0.2, -0.15) is 13.2 Å². The minimum Gasteiger partial charge on any atom is -0.382 e. The SMILES string of the molecule is CN(CC1CC1)C(=O)c1cccc(Cl)c1-n1cnc(Cn2nc(-c3ccc(Cl)cc3)n(CC(O)C(F)(F)F)c2=O)n1. The Morgan fingerprint density at radius 1 is 1.15 bits per heavy atom. The molecule has 10 nitrogen and oxygen atoms in total. The number of hydrogen-bond acceptors (Lipinski definition) is 6. The van der Waals surface area contributed by atoms with Crippen molar-refractivity contribution < 1.29 is 23.1 Å². The van der Waals surface area contributed by atoms with Crippen molar-refractivity contribution in [3.63, 3.8) is 0 Å². The Hall–Kier alpha value is -3.68. The van der Waals surface area contributed by atoms with Gasteiger partial charge in [0.15, 0.2) is 17.8 Å². The van der Waals surface area contributed by atoms with Crippen LogP contribution >= 0.6 is 23.2 Å². The summed E-state index contributed by atoms with van der Waals surface area (Å²) < 4.78 is 42.4. The van der Waals surface area contributed by atoms with Crippen LogP contribution in [0.15, 0.2) is 53.6 Å². The molecule has 5 rings (SSSR count). The van der Waals surface area contributed by atoms with Gasteiger partial charge >= 0.3 is 11.9 Å². The van der Waals surface area contributed by atoms with Gasteiger partial charge in [-0.05, 0) is 55.2 Å². The molecular weight excluding hydrogens is 586 g/mol. The Bertz CT molecular complexity index is 1630. The van der Waals surface area contributed by atoms with Crippen LogP contribution in [0.5, 0.6) is 0 Å². The van der Waals surface area contributed by atoms with E-state index in [4.69, 9.17) is 23.2 Å². The number of hydrogen-bond donors (Lipinski definition) is 1. The van der Waals surface area contributed by atoms with Crippen LogP contribution in [-0.2, 0) is 13.1 Å². The molecule has 4 aromatic rings. The summed E-state index contributed by atoms with van der Waals surface area (Å²) >= 11 is 12.4. The van der Waals surface area contributed by atoms with Crippen LogP contribution in [0.4, 0.5) is 13.2 Å². The second-order valence-electron chi connectivity index (χ2n) is 9.81. The minimum atomic E-state index is -4.95. The predicted octanol–water partition coefficient (Wildman–Crippen LogP) is 4.05. The Kier molecular flexibility index (Phi) is 7.95. The van der Waals surface area contributed by atoms with Crippen molar-refractivity contribution >= 4 is 29.1 Å². The summed E-state index contributed by atoms with van der Waals surface area (Å²) in [6.45, 7) is -0.754. The molecule has 2 aromatic heterocycles. The zero-order valence-electron chi connectivity index (χ0n) is 21.6. The Morgan fingerprint density at radius 2 is 1.85 bits per heavy atom. The molecule has 216 valence electrons. The fraction of sp³-hybridized carbons (Fsp3) is 0.346. The molecule has 0 radical (unpaired) electrons. The summed E-state index contributed by atoms with van der Waals surface area (Å²) in [5.74, 6) is 0.224. The molecule has 2 heterocycles. The predicted molar refractivity (Wildman–Crippen MR) is 144 cm³/mol. The second kappa shape index (κ2) is 11.3. The number of aliphatic hydroxyl groups is 1. The third-order valence-electron chi connectivity index (χ3n) is 6.61. The van der Waals surface area contributed by atoms with E-state index in [1.54, 1.807) is 30.1 Å². The van der Waals surface area contributed by atoms with Crippen LogP contribution in [0.25, 0.3) is 17.1 Å². The molecule has 0 saturated heterocycles. The number of rotatable bonds is 9. The van der Waals surface area contributed by atoms with Crippen LogP contribution in [0.1, 0.15) is 29.0 Å². The van der Waals surface area contributed by atoms with Crippen molar-refractivity contribution in [2.24, 2.45) is 5.92 Å². The average Bonchev–Trinajstić information content (AvgIpc) is 3.54. The van der Waals surface area contributed by atoms with E-state index in [9.17, 15) is 27.9 Å². The molecule has 0 aliphatic heterocycles. The van der Waals surface area contributed by atoms with E-state index in [1.165, 1.54) is 35.3 Å². The maximum absolute atomic E-state index is 13.2. The number of halogens is 5. The standard InChI is InChI=1S/C26H24Cl2F3N7O3/c1-35(11-15-5-6-15)24(40)18-3-2-4-19(28)22(18)38-14-32-21(33-38)13-37-25(41)36(12-20(39)26(29,30)31)23(34-37)16-7-9-17(27)10-8-16/h2-4,7-10,14-15,20,39H,5-6,11-13H2,1H3. The van der Waals surface area contributed by atoms with Gasteiger partial charge in [0.25, 0.3) is 5.91 Å². The molecule has 1 aliphatic carbocycles. The summed E-state index contributed by atoms with van der Waals surface area (Å²) in [6, 6.07) is 10.9. The second-order valence-corrected chi connectivity index (χ2v) is 10.7. The fourth-order valence-corrected chi connectivity index (χ4v) is 4.69. The number of benzene rings is 2. The quantitative estimate of drug-likeness (QED) is 0.306. The summed E-state index contributed by atoms with van der Waals surface area (Å²) in [6.07, 6.45) is -4.26. The van der Waals surface area contributed by atoms with Crippen molar-refractivity contribution in [3.05, 3.63) is 80.7 Å². The molecule has 1 saturated carbocycles. The Labute approximate surface area is 241 Å². The van der Waals surface area contributed by atoms with Crippen molar-refractivity contribution in [1.29, 1.82) is 0 Å². The normalized spacial score (nSPS) is 14.3. The molecule has 1 atom stereocenters. The van der Waals surface area contributed by atoms with Crippen molar-refractivity contribution in [1.82, 2.24) is 34.0 Å². The van der Waals surface area contributed by atoms with Gasteiger partial charge in [0.05, 0.1) is 22.8 Å². The molecule has 1 fully saturated rings. The summed E-state index contributed by atoms with van der Waals surface area (Å²) in [5, 5.41) is 18.9. The zero-order chi connectivity index (χ0) is 29.5. The van der Waals surface area contributed by atoms with E-state index in [-0.39, 0.29) is 29.1 Å². The van der Waals surface area contributed by atoms with E-state index in [2.05, 4.69) is 15.2 Å². The first-order valence-corrected chi connectivity index (χ1v) is 13.3. The first-order chi connectivity index (χ1) is 19.4. The third kappa shape index (κ3) is 6.31. The topological polar surface area (TPSA) is 111 Å². The van der Waals surface area contributed by atoms with Gasteiger partial charge in [-0.15, -0.1) is 10.2 Å². The van der Waals surface area contributed by atoms with E-state index in [0.29, 0.717) is 34.3 Å². The molecule has 0 spiro atoms. The molecule has 1 amide bonds. The van der Waals surface area contributed by atoms with Crippen molar-refractivity contribution in [2.75, 3.05) is 13.6 Å². The van der Waals surface area contributed by atoms with Crippen LogP contribution in [-0.4, -0.2) is 70.9 Å². The average molecular weight is 610 g/mol. The number of para-hydroxylation sites is 1. The summed E-state index contributed by atoms with van der Waals surface area (Å²) in [4.78, 5) is 32.2. The number of amides is 1. The zero-order valence-corrected chi connectivity index (χ0v) is 23.1. The maximum Gasteiger partial charge on any atom is 0.416 e. The number of carbonyl (C=O) groups is 1. The lowest BCUT2D eigenvalue weighted by Gasteiger charge is -2.19. The van der Waals surface area contributed by atoms with E-state index < -0.39 is 24.5 Å². The highest BCUT2D eigenvalue weighted by molar-refractivity contribution is 6.33. The van der Waals surface area contributed by atoms with Crippen LogP contribution in [0.3, 0.4) is 0 Å². The maximum atomic E-state index is 13.2. The highest BCUT2D eigenvalue weighted by Gasteiger charge is 2.39. The Balaban J connectivity index is 1.47. The smallest absolute Gasteiger partial charge is 0.382 e. The van der Waals surface area contributed by atoms with Gasteiger partial charge in [0.2, 0.25) is 0 Å². The molecular formula is C26H24Cl2F3N7O3. The number of aliphatic hydroxyl groups excluding tert-OH is 1. The van der Waals surface area contributed by atoms with Gasteiger partial charge in [0, 0.05) is 24.2 Å². The third-order valence-corrected chi connectivity index (χ3v) is 7.17. The number of alkyl halides is 3. The molecule has 15 heteroatoms. The van der Waals surface area contributed by atoms with Crippen LogP contribution < -0.4 is 5.69 Å². The lowest BCUT2D eigenvalue weighted by atomic mass is 10.1. The number of nitrogens with zero attached hydrogens (tertiary/aromatic N) is 7. The largest absolute Gasteiger partial charge is 0.416 e. The molecule has 0 bridgehead atoms. The number of aromatic nitrogens is 6. The van der Waals surface area contributed by atoms with Crippen molar-refractivity contribution in [2.45, 2.75) is 38.2 Å². The lowest BCUT2D eigenvalue weighted by molar-refractivity contribution is -0.207. The van der Waals surface area contributed by atoms with E-state index in [0.717, 1.165) is 22.1 Å².